The van der Waals surface area contributed by atoms with E-state index in [2.05, 4.69) is 10.3 Å². The van der Waals surface area contributed by atoms with Gasteiger partial charge in [-0.05, 0) is 60.5 Å². The fourth-order valence-electron chi connectivity index (χ4n) is 3.24. The Morgan fingerprint density at radius 3 is 2.22 bits per heavy atom. The molecule has 0 aliphatic rings. The molecule has 1 heterocycles. The summed E-state index contributed by atoms with van der Waals surface area (Å²) in [4.78, 5) is 17.6. The van der Waals surface area contributed by atoms with Crippen LogP contribution in [0.4, 0.5) is 10.1 Å². The van der Waals surface area contributed by atoms with E-state index in [1.165, 1.54) is 42.5 Å². The summed E-state index contributed by atoms with van der Waals surface area (Å²) in [6.07, 6.45) is 1.10. The Kier molecular flexibility index (Phi) is 5.90. The number of rotatable bonds is 5. The molecule has 4 rings (SSSR count). The zero-order valence-electron chi connectivity index (χ0n) is 17.3. The number of sulfone groups is 1. The molecule has 0 unspecified atom stereocenters. The number of aromatic nitrogens is 1. The summed E-state index contributed by atoms with van der Waals surface area (Å²) in [6.45, 7) is 1.94. The van der Waals surface area contributed by atoms with Gasteiger partial charge in [0, 0.05) is 28.5 Å². The van der Waals surface area contributed by atoms with Crippen molar-refractivity contribution in [1.82, 2.24) is 4.98 Å². The molecule has 1 N–H and O–H groups in total. The lowest BCUT2D eigenvalue weighted by atomic mass is 9.99. The lowest BCUT2D eigenvalue weighted by Gasteiger charge is -2.13. The second-order valence-electron chi connectivity index (χ2n) is 7.27. The number of amides is 1. The van der Waals surface area contributed by atoms with Gasteiger partial charge in [0.15, 0.2) is 9.84 Å². The first-order valence-electron chi connectivity index (χ1n) is 9.65. The second kappa shape index (κ2) is 8.64. The lowest BCUT2D eigenvalue weighted by molar-refractivity contribution is 0.102. The van der Waals surface area contributed by atoms with Crippen LogP contribution in [0, 0.1) is 12.7 Å². The number of carbonyl (C=O) groups is 1. The van der Waals surface area contributed by atoms with Gasteiger partial charge in [0.25, 0.3) is 5.91 Å². The number of carbonyl (C=O) groups excluding carboxylic acids is 1. The van der Waals surface area contributed by atoms with Gasteiger partial charge in [-0.15, -0.1) is 11.3 Å². The van der Waals surface area contributed by atoms with E-state index >= 15 is 0 Å². The van der Waals surface area contributed by atoms with E-state index in [4.69, 9.17) is 0 Å². The van der Waals surface area contributed by atoms with Gasteiger partial charge < -0.3 is 5.32 Å². The van der Waals surface area contributed by atoms with E-state index in [0.29, 0.717) is 16.8 Å². The number of anilines is 1. The van der Waals surface area contributed by atoms with E-state index in [1.807, 2.05) is 24.4 Å². The van der Waals surface area contributed by atoms with Gasteiger partial charge in [0.1, 0.15) is 5.82 Å². The molecule has 5 nitrogen and oxygen atoms in total. The quantitative estimate of drug-likeness (QED) is 0.417. The van der Waals surface area contributed by atoms with Crippen molar-refractivity contribution in [2.45, 2.75) is 11.8 Å². The molecule has 8 heteroatoms. The fourth-order valence-corrected chi connectivity index (χ4v) is 4.51. The van der Waals surface area contributed by atoms with E-state index in [1.54, 1.807) is 23.5 Å². The third-order valence-electron chi connectivity index (χ3n) is 4.88. The van der Waals surface area contributed by atoms with Crippen LogP contribution in [0.25, 0.3) is 22.4 Å². The fraction of sp³-hybridized carbons (Fsp3) is 0.0833. The summed E-state index contributed by atoms with van der Waals surface area (Å²) in [5, 5.41) is 5.79. The summed E-state index contributed by atoms with van der Waals surface area (Å²) in [7, 11) is -3.48. The minimum atomic E-state index is -3.48. The second-order valence-corrected chi connectivity index (χ2v) is 10.3. The SMILES string of the molecule is Cc1nc(-c2ccc(NC(=O)c3ccc(S(C)(=O)=O)cc3-c3ccc(F)cc3)cc2)cs1. The first-order chi connectivity index (χ1) is 15.2. The molecule has 1 amide bonds. The van der Waals surface area contributed by atoms with Gasteiger partial charge in [0.05, 0.1) is 15.6 Å². The van der Waals surface area contributed by atoms with Crippen molar-refractivity contribution in [3.05, 3.63) is 88.5 Å². The summed E-state index contributed by atoms with van der Waals surface area (Å²) >= 11 is 1.57. The molecule has 0 aliphatic carbocycles. The topological polar surface area (TPSA) is 76.1 Å². The maximum absolute atomic E-state index is 13.4. The van der Waals surface area contributed by atoms with Crippen molar-refractivity contribution in [3.63, 3.8) is 0 Å². The van der Waals surface area contributed by atoms with E-state index in [-0.39, 0.29) is 10.5 Å². The van der Waals surface area contributed by atoms with Gasteiger partial charge in [-0.1, -0.05) is 24.3 Å². The molecule has 0 saturated carbocycles. The molecular formula is C24H19FN2O3S2. The monoisotopic (exact) mass is 466 g/mol. The number of benzene rings is 3. The zero-order valence-corrected chi connectivity index (χ0v) is 18.9. The predicted octanol–water partition coefficient (Wildman–Crippen LogP) is 5.58. The number of thiazole rings is 1. The molecule has 0 saturated heterocycles. The van der Waals surface area contributed by atoms with Gasteiger partial charge in [-0.2, -0.15) is 0 Å². The number of hydrogen-bond donors (Lipinski definition) is 1. The third-order valence-corrected chi connectivity index (χ3v) is 6.76. The molecular weight excluding hydrogens is 447 g/mol. The van der Waals surface area contributed by atoms with Crippen LogP contribution in [0.5, 0.6) is 0 Å². The first kappa shape index (κ1) is 21.9. The molecule has 4 aromatic rings. The summed E-state index contributed by atoms with van der Waals surface area (Å²) in [5.74, 6) is -0.823. The van der Waals surface area contributed by atoms with Crippen LogP contribution < -0.4 is 5.32 Å². The highest BCUT2D eigenvalue weighted by Crippen LogP contribution is 2.29. The van der Waals surface area contributed by atoms with Crippen LogP contribution in [0.3, 0.4) is 0 Å². The van der Waals surface area contributed by atoms with E-state index < -0.39 is 21.6 Å². The molecule has 0 spiro atoms. The van der Waals surface area contributed by atoms with Crippen molar-refractivity contribution in [1.29, 1.82) is 0 Å². The molecule has 0 atom stereocenters. The largest absolute Gasteiger partial charge is 0.322 e. The Morgan fingerprint density at radius 1 is 0.969 bits per heavy atom. The average Bonchev–Trinajstić information content (AvgIpc) is 3.20. The number of hydrogen-bond acceptors (Lipinski definition) is 5. The van der Waals surface area contributed by atoms with Gasteiger partial charge in [-0.3, -0.25) is 4.79 Å². The minimum absolute atomic E-state index is 0.0799. The molecule has 0 bridgehead atoms. The van der Waals surface area contributed by atoms with Crippen molar-refractivity contribution in [2.24, 2.45) is 0 Å². The Balaban J connectivity index is 1.66. The van der Waals surface area contributed by atoms with Crippen LogP contribution in [0.15, 0.2) is 77.0 Å². The molecule has 32 heavy (non-hydrogen) atoms. The molecule has 0 aliphatic heterocycles. The van der Waals surface area contributed by atoms with E-state index in [0.717, 1.165) is 22.5 Å². The molecule has 0 radical (unpaired) electrons. The summed E-state index contributed by atoms with van der Waals surface area (Å²) < 4.78 is 37.5. The molecule has 162 valence electrons. The van der Waals surface area contributed by atoms with E-state index in [9.17, 15) is 17.6 Å². The van der Waals surface area contributed by atoms with Crippen LogP contribution in [0.2, 0.25) is 0 Å². The van der Waals surface area contributed by atoms with Crippen LogP contribution in [0.1, 0.15) is 15.4 Å². The lowest BCUT2D eigenvalue weighted by Crippen LogP contribution is -2.14. The third kappa shape index (κ3) is 4.76. The van der Waals surface area contributed by atoms with Gasteiger partial charge in [0.2, 0.25) is 0 Å². The average molecular weight is 467 g/mol. The van der Waals surface area contributed by atoms with Crippen molar-refractivity contribution < 1.29 is 17.6 Å². The number of nitrogens with zero attached hydrogens (tertiary/aromatic N) is 1. The highest BCUT2D eigenvalue weighted by atomic mass is 32.2. The minimum Gasteiger partial charge on any atom is -0.322 e. The Labute approximate surface area is 189 Å². The normalized spacial score (nSPS) is 11.3. The zero-order chi connectivity index (χ0) is 22.9. The van der Waals surface area contributed by atoms with Crippen molar-refractivity contribution in [3.8, 4) is 22.4 Å². The summed E-state index contributed by atoms with van der Waals surface area (Å²) in [6, 6.07) is 17.2. The number of halogens is 1. The van der Waals surface area contributed by atoms with Crippen LogP contribution in [-0.2, 0) is 9.84 Å². The molecule has 3 aromatic carbocycles. The van der Waals surface area contributed by atoms with Crippen molar-refractivity contribution in [2.75, 3.05) is 11.6 Å². The maximum Gasteiger partial charge on any atom is 0.256 e. The first-order valence-corrected chi connectivity index (χ1v) is 12.4. The van der Waals surface area contributed by atoms with Crippen LogP contribution >= 0.6 is 11.3 Å². The highest BCUT2D eigenvalue weighted by molar-refractivity contribution is 7.90. The standard InChI is InChI=1S/C24H19FN2O3S2/c1-15-26-23(14-31-15)17-5-9-19(10-6-17)27-24(28)21-12-11-20(32(2,29)30)13-22(21)16-3-7-18(25)8-4-16/h3-14H,1-2H3,(H,27,28). The molecule has 0 fully saturated rings. The Hall–Kier alpha value is -3.36. The van der Waals surface area contributed by atoms with Crippen LogP contribution in [-0.4, -0.2) is 25.6 Å². The Bertz CT molecular complexity index is 1390. The Morgan fingerprint density at radius 2 is 1.62 bits per heavy atom. The van der Waals surface area contributed by atoms with Gasteiger partial charge in [-0.25, -0.2) is 17.8 Å². The smallest absolute Gasteiger partial charge is 0.256 e. The highest BCUT2D eigenvalue weighted by Gasteiger charge is 2.17. The predicted molar refractivity (Wildman–Crippen MR) is 125 cm³/mol. The van der Waals surface area contributed by atoms with Gasteiger partial charge >= 0.3 is 0 Å². The number of aryl methyl sites for hydroxylation is 1. The van der Waals surface area contributed by atoms with Crippen molar-refractivity contribution >= 4 is 32.8 Å². The summed E-state index contributed by atoms with van der Waals surface area (Å²) in [5.41, 5.74) is 3.62. The number of nitrogens with one attached hydrogen (secondary N) is 1. The maximum atomic E-state index is 13.4. The molecule has 1 aromatic heterocycles.